The van der Waals surface area contributed by atoms with E-state index in [0.717, 1.165) is 5.56 Å². The van der Waals surface area contributed by atoms with E-state index in [0.29, 0.717) is 29.9 Å². The van der Waals surface area contributed by atoms with Crippen LogP contribution in [0.4, 0.5) is 0 Å². The molecule has 0 saturated carbocycles. The summed E-state index contributed by atoms with van der Waals surface area (Å²) in [5.41, 5.74) is 2.56. The molecular formula is C20H17N7O4. The lowest BCUT2D eigenvalue weighted by Crippen LogP contribution is -2.52. The zero-order valence-electron chi connectivity index (χ0n) is 16.3. The van der Waals surface area contributed by atoms with Crippen molar-refractivity contribution in [3.8, 4) is 11.7 Å². The Hall–Kier alpha value is -4.15. The Kier molecular flexibility index (Phi) is 4.62. The zero-order valence-corrected chi connectivity index (χ0v) is 16.3. The molecule has 0 radical (unpaired) electrons. The quantitative estimate of drug-likeness (QED) is 0.588. The van der Waals surface area contributed by atoms with E-state index in [9.17, 15) is 14.4 Å². The number of hydrogen-bond donors (Lipinski definition) is 1. The molecule has 0 bridgehead atoms. The first-order valence-electron chi connectivity index (χ1n) is 9.67. The molecule has 1 aromatic carbocycles. The lowest BCUT2D eigenvalue weighted by Gasteiger charge is -2.29. The summed E-state index contributed by atoms with van der Waals surface area (Å²) in [4.78, 5) is 46.0. The highest BCUT2D eigenvalue weighted by Gasteiger charge is 2.39. The first-order chi connectivity index (χ1) is 15.1. The molecular weight excluding hydrogens is 402 g/mol. The predicted octanol–water partition coefficient (Wildman–Crippen LogP) is 0.397. The Morgan fingerprint density at radius 2 is 2.00 bits per heavy atom. The Morgan fingerprint density at radius 3 is 2.81 bits per heavy atom. The molecule has 31 heavy (non-hydrogen) atoms. The molecule has 5 rings (SSSR count). The van der Waals surface area contributed by atoms with E-state index in [1.807, 2.05) is 12.1 Å². The lowest BCUT2D eigenvalue weighted by molar-refractivity contribution is -0.136. The molecule has 1 saturated heterocycles. The van der Waals surface area contributed by atoms with Crippen LogP contribution in [0.1, 0.15) is 34.5 Å². The number of imide groups is 1. The van der Waals surface area contributed by atoms with Gasteiger partial charge in [0.2, 0.25) is 11.8 Å². The SMILES string of the molecule is O=C1CCC(N2Cc3ccc(-n4cc(COc5ncccn5)nn4)cc3C2=O)C(=O)N1. The smallest absolute Gasteiger partial charge is 0.316 e. The van der Waals surface area contributed by atoms with Gasteiger partial charge in [-0.3, -0.25) is 19.7 Å². The van der Waals surface area contributed by atoms with Crippen LogP contribution in [0.2, 0.25) is 0 Å². The van der Waals surface area contributed by atoms with Crippen LogP contribution < -0.4 is 10.1 Å². The summed E-state index contributed by atoms with van der Waals surface area (Å²) >= 11 is 0. The molecule has 1 atom stereocenters. The summed E-state index contributed by atoms with van der Waals surface area (Å²) in [5, 5.41) is 10.5. The Balaban J connectivity index is 1.31. The molecule has 3 amide bonds. The molecule has 2 aliphatic heterocycles. The fourth-order valence-electron chi connectivity index (χ4n) is 3.67. The van der Waals surface area contributed by atoms with E-state index in [1.54, 1.807) is 35.4 Å². The van der Waals surface area contributed by atoms with E-state index in [2.05, 4.69) is 25.6 Å². The topological polar surface area (TPSA) is 132 Å². The molecule has 11 nitrogen and oxygen atoms in total. The average Bonchev–Trinajstić information content (AvgIpc) is 3.38. The molecule has 0 aliphatic carbocycles. The molecule has 156 valence electrons. The second-order valence-corrected chi connectivity index (χ2v) is 7.22. The maximum atomic E-state index is 13.0. The number of ether oxygens (including phenoxy) is 1. The van der Waals surface area contributed by atoms with Crippen molar-refractivity contribution in [2.45, 2.75) is 32.0 Å². The number of nitrogens with zero attached hydrogens (tertiary/aromatic N) is 6. The van der Waals surface area contributed by atoms with E-state index < -0.39 is 11.9 Å². The number of benzene rings is 1. The number of aromatic nitrogens is 5. The van der Waals surface area contributed by atoms with E-state index in [1.165, 1.54) is 4.90 Å². The highest BCUT2D eigenvalue weighted by atomic mass is 16.5. The monoisotopic (exact) mass is 419 g/mol. The number of carbonyl (C=O) groups excluding carboxylic acids is 3. The molecule has 3 aromatic rings. The van der Waals surface area contributed by atoms with Gasteiger partial charge >= 0.3 is 6.01 Å². The van der Waals surface area contributed by atoms with Crippen molar-refractivity contribution in [1.29, 1.82) is 0 Å². The number of carbonyl (C=O) groups is 3. The number of fused-ring (bicyclic) bond motifs is 1. The summed E-state index contributed by atoms with van der Waals surface area (Å²) < 4.78 is 7.02. The third kappa shape index (κ3) is 3.61. The normalized spacial score (nSPS) is 18.1. The van der Waals surface area contributed by atoms with Crippen molar-refractivity contribution in [3.05, 3.63) is 59.7 Å². The summed E-state index contributed by atoms with van der Waals surface area (Å²) in [6, 6.07) is 6.69. The molecule has 11 heteroatoms. The average molecular weight is 419 g/mol. The highest BCUT2D eigenvalue weighted by Crippen LogP contribution is 2.29. The van der Waals surface area contributed by atoms with Crippen LogP contribution in [0.25, 0.3) is 5.69 Å². The van der Waals surface area contributed by atoms with Crippen LogP contribution in [0.3, 0.4) is 0 Å². The fourth-order valence-corrected chi connectivity index (χ4v) is 3.67. The zero-order chi connectivity index (χ0) is 21.4. The maximum Gasteiger partial charge on any atom is 0.316 e. The van der Waals surface area contributed by atoms with E-state index in [4.69, 9.17) is 4.74 Å². The number of rotatable bonds is 5. The second kappa shape index (κ2) is 7.59. The van der Waals surface area contributed by atoms with Gasteiger partial charge in [-0.25, -0.2) is 14.6 Å². The maximum absolute atomic E-state index is 13.0. The Morgan fingerprint density at radius 1 is 1.16 bits per heavy atom. The Labute approximate surface area is 176 Å². The number of amides is 3. The van der Waals surface area contributed by atoms with Crippen LogP contribution in [-0.4, -0.2) is 53.6 Å². The van der Waals surface area contributed by atoms with Gasteiger partial charge in [0.05, 0.1) is 11.9 Å². The molecule has 2 aromatic heterocycles. The van der Waals surface area contributed by atoms with Gasteiger partial charge in [-0.1, -0.05) is 11.3 Å². The van der Waals surface area contributed by atoms with Crippen molar-refractivity contribution >= 4 is 17.7 Å². The van der Waals surface area contributed by atoms with Crippen LogP contribution in [0.15, 0.2) is 42.9 Å². The number of hydrogen-bond acceptors (Lipinski definition) is 8. The molecule has 1 N–H and O–H groups in total. The van der Waals surface area contributed by atoms with Crippen molar-refractivity contribution in [2.24, 2.45) is 0 Å². The Bertz CT molecular complexity index is 1180. The third-order valence-electron chi connectivity index (χ3n) is 5.21. The van der Waals surface area contributed by atoms with Gasteiger partial charge in [-0.2, -0.15) is 0 Å². The minimum absolute atomic E-state index is 0.150. The number of piperidine rings is 1. The van der Waals surface area contributed by atoms with Crippen molar-refractivity contribution in [3.63, 3.8) is 0 Å². The molecule has 2 aliphatic rings. The minimum atomic E-state index is -0.642. The van der Waals surface area contributed by atoms with Crippen LogP contribution in [0, 0.1) is 0 Å². The standard InChI is InChI=1S/C20H17N7O4/c28-17-5-4-16(18(29)23-17)26-9-12-2-3-14(8-15(12)19(26)30)27-10-13(24-25-27)11-31-20-21-6-1-7-22-20/h1-3,6-8,10,16H,4-5,9,11H2,(H,23,28,29). The third-order valence-corrected chi connectivity index (χ3v) is 5.21. The first kappa shape index (κ1) is 18.9. The second-order valence-electron chi connectivity index (χ2n) is 7.22. The van der Waals surface area contributed by atoms with E-state index >= 15 is 0 Å². The van der Waals surface area contributed by atoms with Gasteiger partial charge in [-0.05, 0) is 30.2 Å². The fraction of sp³-hybridized carbons (Fsp3) is 0.250. The number of nitrogens with one attached hydrogen (secondary N) is 1. The minimum Gasteiger partial charge on any atom is -0.457 e. The summed E-state index contributed by atoms with van der Waals surface area (Å²) in [6.07, 6.45) is 5.41. The predicted molar refractivity (Wildman–Crippen MR) is 104 cm³/mol. The molecule has 4 heterocycles. The molecule has 1 fully saturated rings. The van der Waals surface area contributed by atoms with Crippen LogP contribution in [0.5, 0.6) is 6.01 Å². The van der Waals surface area contributed by atoms with Gasteiger partial charge < -0.3 is 9.64 Å². The van der Waals surface area contributed by atoms with Crippen molar-refractivity contribution in [2.75, 3.05) is 0 Å². The van der Waals surface area contributed by atoms with Crippen LogP contribution >= 0.6 is 0 Å². The van der Waals surface area contributed by atoms with E-state index in [-0.39, 0.29) is 30.9 Å². The summed E-state index contributed by atoms with van der Waals surface area (Å²) in [7, 11) is 0. The van der Waals surface area contributed by atoms with Gasteiger partial charge in [0.15, 0.2) is 0 Å². The van der Waals surface area contributed by atoms with Crippen molar-refractivity contribution < 1.29 is 19.1 Å². The van der Waals surface area contributed by atoms with Gasteiger partial charge in [-0.15, -0.1) is 5.10 Å². The van der Waals surface area contributed by atoms with Crippen molar-refractivity contribution in [1.82, 2.24) is 35.2 Å². The molecule has 1 unspecified atom stereocenters. The highest BCUT2D eigenvalue weighted by molar-refractivity contribution is 6.05. The van der Waals surface area contributed by atoms with Gasteiger partial charge in [0, 0.05) is 30.9 Å². The molecule has 0 spiro atoms. The van der Waals surface area contributed by atoms with Gasteiger partial charge in [0.1, 0.15) is 18.3 Å². The first-order valence-corrected chi connectivity index (χ1v) is 9.67. The summed E-state index contributed by atoms with van der Waals surface area (Å²) in [6.45, 7) is 0.478. The van der Waals surface area contributed by atoms with Gasteiger partial charge in [0.25, 0.3) is 5.91 Å². The largest absolute Gasteiger partial charge is 0.457 e. The lowest BCUT2D eigenvalue weighted by atomic mass is 10.0. The van der Waals surface area contributed by atoms with Crippen LogP contribution in [-0.2, 0) is 22.7 Å². The summed E-state index contributed by atoms with van der Waals surface area (Å²) in [5.74, 6) is -0.977.